The minimum Gasteiger partial charge on any atom is -0.375 e. The number of methoxy groups -OCH3 is 1. The first-order valence-electron chi connectivity index (χ1n) is 6.05. The second kappa shape index (κ2) is 6.45. The number of ether oxygens (including phenoxy) is 1. The molecule has 2 aromatic rings. The molecule has 21 heavy (non-hydrogen) atoms. The van der Waals surface area contributed by atoms with Gasteiger partial charge in [-0.1, -0.05) is 16.8 Å². The van der Waals surface area contributed by atoms with E-state index in [4.69, 9.17) is 20.9 Å². The van der Waals surface area contributed by atoms with Gasteiger partial charge in [-0.05, 0) is 26.0 Å². The third-order valence-electron chi connectivity index (χ3n) is 2.89. The lowest BCUT2D eigenvalue weighted by Gasteiger charge is -2.14. The van der Waals surface area contributed by atoms with E-state index in [2.05, 4.69) is 9.88 Å². The number of aryl methyl sites for hydroxylation is 2. The number of nitrogens with one attached hydrogen (secondary N) is 1. The molecule has 0 saturated heterocycles. The molecule has 0 fully saturated rings. The average molecular weight is 351 g/mol. The van der Waals surface area contributed by atoms with E-state index < -0.39 is 16.1 Å². The Balaban J connectivity index is 2.14. The van der Waals surface area contributed by atoms with Crippen LogP contribution in [-0.4, -0.2) is 27.2 Å². The fraction of sp³-hybridized carbons (Fsp3) is 0.417. The molecule has 0 bridgehead atoms. The molecule has 116 valence electrons. The summed E-state index contributed by atoms with van der Waals surface area (Å²) in [5.74, 6) is 0.258. The van der Waals surface area contributed by atoms with E-state index in [1.807, 2.05) is 6.07 Å². The van der Waals surface area contributed by atoms with Crippen LogP contribution in [-0.2, 0) is 14.8 Å². The highest BCUT2D eigenvalue weighted by Crippen LogP contribution is 2.28. The van der Waals surface area contributed by atoms with Crippen molar-refractivity contribution in [3.05, 3.63) is 32.8 Å². The van der Waals surface area contributed by atoms with Crippen molar-refractivity contribution < 1.29 is 17.7 Å². The summed E-state index contributed by atoms with van der Waals surface area (Å²) in [6, 6.07) is 3.56. The van der Waals surface area contributed by atoms with Crippen LogP contribution in [0.25, 0.3) is 0 Å². The van der Waals surface area contributed by atoms with Gasteiger partial charge in [0.05, 0.1) is 4.34 Å². The Labute approximate surface area is 132 Å². The number of hydrogen-bond acceptors (Lipinski definition) is 6. The van der Waals surface area contributed by atoms with Gasteiger partial charge in [0.2, 0.25) is 10.0 Å². The van der Waals surface area contributed by atoms with Crippen molar-refractivity contribution in [2.75, 3.05) is 13.7 Å². The van der Waals surface area contributed by atoms with Gasteiger partial charge >= 0.3 is 0 Å². The van der Waals surface area contributed by atoms with Crippen LogP contribution in [0.5, 0.6) is 0 Å². The van der Waals surface area contributed by atoms with Gasteiger partial charge in [-0.15, -0.1) is 11.3 Å². The summed E-state index contributed by atoms with van der Waals surface area (Å²) in [4.78, 5) is 0.922. The van der Waals surface area contributed by atoms with Gasteiger partial charge in [0.1, 0.15) is 16.7 Å². The van der Waals surface area contributed by atoms with Crippen molar-refractivity contribution in [2.24, 2.45) is 0 Å². The van der Waals surface area contributed by atoms with Crippen molar-refractivity contribution in [2.45, 2.75) is 24.8 Å². The Hall–Kier alpha value is -0.930. The molecule has 6 nitrogen and oxygen atoms in total. The van der Waals surface area contributed by atoms with Gasteiger partial charge in [-0.2, -0.15) is 0 Å². The van der Waals surface area contributed by atoms with Crippen molar-refractivity contribution in [3.63, 3.8) is 0 Å². The maximum Gasteiger partial charge on any atom is 0.246 e. The lowest BCUT2D eigenvalue weighted by atomic mass is 10.3. The maximum atomic E-state index is 12.3. The predicted molar refractivity (Wildman–Crippen MR) is 80.2 cm³/mol. The fourth-order valence-electron chi connectivity index (χ4n) is 1.92. The molecule has 0 aliphatic rings. The SMILES string of the molecule is CO[C@@H](CNS(=O)(=O)c1c(C)noc1C)c1ccc(Cl)s1. The van der Waals surface area contributed by atoms with Gasteiger partial charge in [0.25, 0.3) is 0 Å². The number of thiophene rings is 1. The van der Waals surface area contributed by atoms with Gasteiger partial charge in [0, 0.05) is 18.5 Å². The lowest BCUT2D eigenvalue weighted by Crippen LogP contribution is -2.29. The zero-order chi connectivity index (χ0) is 15.6. The van der Waals surface area contributed by atoms with Crippen LogP contribution in [0.2, 0.25) is 4.34 Å². The van der Waals surface area contributed by atoms with Crippen molar-refractivity contribution in [1.29, 1.82) is 0 Å². The number of hydrogen-bond donors (Lipinski definition) is 1. The topological polar surface area (TPSA) is 81.4 Å². The summed E-state index contributed by atoms with van der Waals surface area (Å²) in [5.41, 5.74) is 0.327. The number of nitrogens with zero attached hydrogens (tertiary/aromatic N) is 1. The lowest BCUT2D eigenvalue weighted by molar-refractivity contribution is 0.110. The number of rotatable bonds is 6. The van der Waals surface area contributed by atoms with Gasteiger partial charge in [-0.25, -0.2) is 13.1 Å². The van der Waals surface area contributed by atoms with Crippen LogP contribution in [0, 0.1) is 13.8 Å². The average Bonchev–Trinajstić information content (AvgIpc) is 2.97. The van der Waals surface area contributed by atoms with E-state index in [1.54, 1.807) is 19.9 Å². The molecule has 0 amide bonds. The molecule has 0 aliphatic carbocycles. The van der Waals surface area contributed by atoms with E-state index in [0.29, 0.717) is 10.0 Å². The molecule has 1 N–H and O–H groups in total. The highest BCUT2D eigenvalue weighted by Gasteiger charge is 2.25. The van der Waals surface area contributed by atoms with Crippen LogP contribution >= 0.6 is 22.9 Å². The van der Waals surface area contributed by atoms with Crippen molar-refractivity contribution >= 4 is 33.0 Å². The second-order valence-corrected chi connectivity index (χ2v) is 7.82. The Morgan fingerprint density at radius 2 is 2.19 bits per heavy atom. The van der Waals surface area contributed by atoms with E-state index in [1.165, 1.54) is 18.4 Å². The molecule has 9 heteroatoms. The van der Waals surface area contributed by atoms with E-state index in [0.717, 1.165) is 4.88 Å². The van der Waals surface area contributed by atoms with Crippen LogP contribution in [0.3, 0.4) is 0 Å². The van der Waals surface area contributed by atoms with Crippen LogP contribution in [0.15, 0.2) is 21.6 Å². The summed E-state index contributed by atoms with van der Waals surface area (Å²) in [5, 5.41) is 3.65. The summed E-state index contributed by atoms with van der Waals surface area (Å²) in [6.07, 6.45) is -0.405. The standard InChI is InChI=1S/C12H15ClN2O4S2/c1-7-12(8(2)19-15-7)21(16,17)14-6-9(18-3)10-4-5-11(13)20-10/h4-5,9,14H,6H2,1-3H3/t9-/m0/s1. The Morgan fingerprint density at radius 3 is 2.67 bits per heavy atom. The Bertz CT molecular complexity index is 704. The maximum absolute atomic E-state index is 12.3. The quantitative estimate of drug-likeness (QED) is 0.866. The Kier molecular flexibility index (Phi) is 5.05. The zero-order valence-corrected chi connectivity index (χ0v) is 14.1. The van der Waals surface area contributed by atoms with Gasteiger partial charge in [0.15, 0.2) is 5.76 Å². The van der Waals surface area contributed by atoms with Crippen molar-refractivity contribution in [3.8, 4) is 0 Å². The molecule has 2 heterocycles. The van der Waals surface area contributed by atoms with Crippen LogP contribution < -0.4 is 4.72 Å². The predicted octanol–water partition coefficient (Wildman–Crippen LogP) is 2.67. The molecular weight excluding hydrogens is 336 g/mol. The van der Waals surface area contributed by atoms with E-state index in [9.17, 15) is 8.42 Å². The first kappa shape index (κ1) is 16.4. The molecular formula is C12H15ClN2O4S2. The number of halogens is 1. The highest BCUT2D eigenvalue weighted by atomic mass is 35.5. The first-order valence-corrected chi connectivity index (χ1v) is 8.73. The number of aromatic nitrogens is 1. The summed E-state index contributed by atoms with van der Waals surface area (Å²) in [6.45, 7) is 3.24. The molecule has 2 rings (SSSR count). The van der Waals surface area contributed by atoms with Crippen LogP contribution in [0.1, 0.15) is 22.4 Å². The van der Waals surface area contributed by atoms with Gasteiger partial charge < -0.3 is 9.26 Å². The first-order chi connectivity index (χ1) is 9.85. The Morgan fingerprint density at radius 1 is 1.48 bits per heavy atom. The second-order valence-electron chi connectivity index (χ2n) is 4.37. The monoisotopic (exact) mass is 350 g/mol. The third kappa shape index (κ3) is 3.64. The summed E-state index contributed by atoms with van der Waals surface area (Å²) >= 11 is 7.23. The minimum atomic E-state index is -3.70. The van der Waals surface area contributed by atoms with E-state index in [-0.39, 0.29) is 17.2 Å². The molecule has 0 aromatic carbocycles. The molecule has 1 atom stereocenters. The molecule has 2 aromatic heterocycles. The summed E-state index contributed by atoms with van der Waals surface area (Å²) in [7, 11) is -2.18. The minimum absolute atomic E-state index is 0.0709. The van der Waals surface area contributed by atoms with Crippen LogP contribution in [0.4, 0.5) is 0 Å². The zero-order valence-electron chi connectivity index (χ0n) is 11.7. The molecule has 0 unspecified atom stereocenters. The smallest absolute Gasteiger partial charge is 0.246 e. The molecule has 0 radical (unpaired) electrons. The molecule has 0 aliphatic heterocycles. The van der Waals surface area contributed by atoms with Crippen molar-refractivity contribution in [1.82, 2.24) is 9.88 Å². The summed E-state index contributed by atoms with van der Waals surface area (Å²) < 4.78 is 37.9. The largest absolute Gasteiger partial charge is 0.375 e. The fourth-order valence-corrected chi connectivity index (χ4v) is 4.41. The number of sulfonamides is 1. The van der Waals surface area contributed by atoms with E-state index >= 15 is 0 Å². The molecule has 0 saturated carbocycles. The third-order valence-corrected chi connectivity index (χ3v) is 5.88. The van der Waals surface area contributed by atoms with Gasteiger partial charge in [-0.3, -0.25) is 0 Å². The highest BCUT2D eigenvalue weighted by molar-refractivity contribution is 7.89. The molecule has 0 spiro atoms. The normalized spacial score (nSPS) is 13.5.